The minimum atomic E-state index is 0.773. The summed E-state index contributed by atoms with van der Waals surface area (Å²) in [5.41, 5.74) is 7.00. The molecule has 0 aromatic heterocycles. The fraction of sp³-hybridized carbons (Fsp3) is 0.152. The smallest absolute Gasteiger partial charge is 0.0481 e. The molecular formula is C33H28ClN. The number of hydrogen-bond donors (Lipinski definition) is 0. The Balaban J connectivity index is 0.000000131. The maximum atomic E-state index is 5.90. The van der Waals surface area contributed by atoms with Crippen LogP contribution in [0.4, 0.5) is 5.69 Å². The lowest BCUT2D eigenvalue weighted by atomic mass is 9.86. The van der Waals surface area contributed by atoms with Crippen molar-refractivity contribution < 1.29 is 0 Å². The number of rotatable bonds is 1. The summed E-state index contributed by atoms with van der Waals surface area (Å²) in [7, 11) is 0. The molecule has 0 unspecified atom stereocenters. The lowest BCUT2D eigenvalue weighted by Gasteiger charge is -2.25. The first-order chi connectivity index (χ1) is 17.3. The molecule has 5 aromatic carbocycles. The van der Waals surface area contributed by atoms with Crippen molar-refractivity contribution in [3.05, 3.63) is 131 Å². The van der Waals surface area contributed by atoms with E-state index in [1.165, 1.54) is 64.0 Å². The molecule has 0 radical (unpaired) electrons. The minimum absolute atomic E-state index is 0.773. The Hall–Kier alpha value is -3.55. The molecule has 1 heterocycles. The zero-order chi connectivity index (χ0) is 23.6. The van der Waals surface area contributed by atoms with Gasteiger partial charge >= 0.3 is 0 Å². The predicted octanol–water partition coefficient (Wildman–Crippen LogP) is 9.20. The van der Waals surface area contributed by atoms with Crippen LogP contribution in [-0.2, 0) is 19.4 Å². The molecule has 0 atom stereocenters. The highest BCUT2D eigenvalue weighted by Gasteiger charge is 2.13. The van der Waals surface area contributed by atoms with Crippen LogP contribution in [0.3, 0.4) is 0 Å². The maximum Gasteiger partial charge on any atom is 0.0481 e. The summed E-state index contributed by atoms with van der Waals surface area (Å²) in [4.78, 5) is 2.22. The molecule has 0 N–H and O–H groups in total. The van der Waals surface area contributed by atoms with Crippen molar-refractivity contribution in [1.29, 1.82) is 0 Å². The third-order valence-corrected chi connectivity index (χ3v) is 7.50. The van der Waals surface area contributed by atoms with Crippen LogP contribution >= 0.6 is 11.6 Å². The minimum Gasteiger partial charge on any atom is -0.344 e. The molecule has 7 rings (SSSR count). The van der Waals surface area contributed by atoms with Crippen LogP contribution in [0.2, 0.25) is 5.02 Å². The maximum absolute atomic E-state index is 5.90. The monoisotopic (exact) mass is 473 g/mol. The van der Waals surface area contributed by atoms with Gasteiger partial charge in [-0.2, -0.15) is 0 Å². The van der Waals surface area contributed by atoms with Gasteiger partial charge < -0.3 is 4.90 Å². The number of hydrogen-bond acceptors (Lipinski definition) is 1. The standard InChI is InChI=1S/C18H16.C15H12ClN/c1-3-7-15-13(5-1)9-11-18-16-8-4-2-6-14(16)10-12-17(15)18;16-14-5-7-15(8-6-14)17-10-9-12-3-1-2-4-13(12)11-17/h1,3,5,7,9-12H,2,4,6,8H2;1-10H,11H2. The van der Waals surface area contributed by atoms with Crippen molar-refractivity contribution in [3.63, 3.8) is 0 Å². The van der Waals surface area contributed by atoms with E-state index < -0.39 is 0 Å². The Bertz CT molecular complexity index is 1530. The van der Waals surface area contributed by atoms with Crippen molar-refractivity contribution in [2.45, 2.75) is 32.2 Å². The molecule has 172 valence electrons. The van der Waals surface area contributed by atoms with E-state index >= 15 is 0 Å². The first-order valence-corrected chi connectivity index (χ1v) is 12.8. The van der Waals surface area contributed by atoms with Crippen molar-refractivity contribution in [2.75, 3.05) is 4.90 Å². The summed E-state index contributed by atoms with van der Waals surface area (Å²) >= 11 is 5.90. The molecule has 2 heteroatoms. The van der Waals surface area contributed by atoms with E-state index in [0.717, 1.165) is 11.6 Å². The summed E-state index contributed by atoms with van der Waals surface area (Å²) in [5.74, 6) is 0. The molecule has 0 saturated carbocycles. The zero-order valence-corrected chi connectivity index (χ0v) is 20.5. The van der Waals surface area contributed by atoms with Crippen LogP contribution in [0.25, 0.3) is 27.6 Å². The van der Waals surface area contributed by atoms with Crippen molar-refractivity contribution >= 4 is 44.9 Å². The van der Waals surface area contributed by atoms with Gasteiger partial charge in [0.05, 0.1) is 0 Å². The normalized spacial score (nSPS) is 14.3. The van der Waals surface area contributed by atoms with E-state index in [1.54, 1.807) is 11.1 Å². The number of benzene rings is 5. The molecule has 0 amide bonds. The molecule has 5 aromatic rings. The summed E-state index contributed by atoms with van der Waals surface area (Å²) < 4.78 is 0. The lowest BCUT2D eigenvalue weighted by Crippen LogP contribution is -2.18. The highest BCUT2D eigenvalue weighted by Crippen LogP contribution is 2.33. The Morgan fingerprint density at radius 2 is 1.37 bits per heavy atom. The van der Waals surface area contributed by atoms with Crippen LogP contribution < -0.4 is 4.90 Å². The first-order valence-electron chi connectivity index (χ1n) is 12.5. The van der Waals surface area contributed by atoms with Gasteiger partial charge in [-0.1, -0.05) is 84.4 Å². The van der Waals surface area contributed by atoms with Crippen LogP contribution in [0, 0.1) is 0 Å². The van der Waals surface area contributed by atoms with E-state index in [0.29, 0.717) is 0 Å². The molecule has 1 aliphatic heterocycles. The van der Waals surface area contributed by atoms with Crippen LogP contribution in [0.15, 0.2) is 103 Å². The van der Waals surface area contributed by atoms with Crippen LogP contribution in [0.1, 0.15) is 35.1 Å². The van der Waals surface area contributed by atoms with E-state index in [4.69, 9.17) is 11.6 Å². The van der Waals surface area contributed by atoms with E-state index in [2.05, 4.69) is 90.0 Å². The molecule has 0 bridgehead atoms. The molecule has 0 fully saturated rings. The van der Waals surface area contributed by atoms with Gasteiger partial charge in [-0.3, -0.25) is 0 Å². The number of fused-ring (bicyclic) bond motifs is 6. The highest BCUT2D eigenvalue weighted by atomic mass is 35.5. The summed E-state index contributed by atoms with van der Waals surface area (Å²) in [6, 6.07) is 34.4. The largest absolute Gasteiger partial charge is 0.344 e. The Kier molecular flexibility index (Phi) is 6.02. The summed E-state index contributed by atoms with van der Waals surface area (Å²) in [6.45, 7) is 0.911. The quantitative estimate of drug-likeness (QED) is 0.219. The highest BCUT2D eigenvalue weighted by molar-refractivity contribution is 6.30. The molecule has 35 heavy (non-hydrogen) atoms. The number of halogens is 1. The van der Waals surface area contributed by atoms with E-state index in [-0.39, 0.29) is 0 Å². The third-order valence-electron chi connectivity index (χ3n) is 7.25. The first kappa shape index (κ1) is 21.9. The number of anilines is 1. The Morgan fingerprint density at radius 1 is 0.600 bits per heavy atom. The summed E-state index contributed by atoms with van der Waals surface area (Å²) in [5, 5.41) is 6.42. The van der Waals surface area contributed by atoms with Crippen molar-refractivity contribution in [1.82, 2.24) is 0 Å². The van der Waals surface area contributed by atoms with Gasteiger partial charge in [0, 0.05) is 23.5 Å². The van der Waals surface area contributed by atoms with Gasteiger partial charge in [0.1, 0.15) is 0 Å². The van der Waals surface area contributed by atoms with Gasteiger partial charge in [0.25, 0.3) is 0 Å². The molecular weight excluding hydrogens is 446 g/mol. The zero-order valence-electron chi connectivity index (χ0n) is 19.8. The second-order valence-electron chi connectivity index (χ2n) is 9.41. The van der Waals surface area contributed by atoms with Gasteiger partial charge in [-0.25, -0.2) is 0 Å². The van der Waals surface area contributed by atoms with Gasteiger partial charge in [0.15, 0.2) is 0 Å². The predicted molar refractivity (Wildman–Crippen MR) is 151 cm³/mol. The van der Waals surface area contributed by atoms with Crippen LogP contribution in [0.5, 0.6) is 0 Å². The Labute approximate surface area is 212 Å². The van der Waals surface area contributed by atoms with Gasteiger partial charge in [0.2, 0.25) is 0 Å². The van der Waals surface area contributed by atoms with Crippen molar-refractivity contribution in [3.8, 4) is 0 Å². The Morgan fingerprint density at radius 3 is 2.29 bits per heavy atom. The van der Waals surface area contributed by atoms with E-state index in [1.807, 2.05) is 24.3 Å². The van der Waals surface area contributed by atoms with E-state index in [9.17, 15) is 0 Å². The molecule has 1 aliphatic carbocycles. The SMILES string of the molecule is Clc1ccc(N2C=Cc3ccccc3C2)cc1.c1ccc2c(c1)ccc1c3c(ccc12)CCCC3. The second-order valence-corrected chi connectivity index (χ2v) is 9.85. The van der Waals surface area contributed by atoms with Gasteiger partial charge in [-0.05, 0) is 99.8 Å². The fourth-order valence-corrected chi connectivity index (χ4v) is 5.53. The van der Waals surface area contributed by atoms with Crippen LogP contribution in [-0.4, -0.2) is 0 Å². The average molecular weight is 474 g/mol. The van der Waals surface area contributed by atoms with Crippen molar-refractivity contribution in [2.24, 2.45) is 0 Å². The lowest BCUT2D eigenvalue weighted by molar-refractivity contribution is 0.690. The third kappa shape index (κ3) is 4.45. The fourth-order valence-electron chi connectivity index (χ4n) is 5.40. The molecule has 0 saturated heterocycles. The number of nitrogens with zero attached hydrogens (tertiary/aromatic N) is 1. The molecule has 2 aliphatic rings. The molecule has 1 nitrogen and oxygen atoms in total. The molecule has 0 spiro atoms. The number of aryl methyl sites for hydroxylation is 2. The second kappa shape index (κ2) is 9.60. The summed E-state index contributed by atoms with van der Waals surface area (Å²) in [6.07, 6.45) is 9.48. The topological polar surface area (TPSA) is 3.24 Å². The average Bonchev–Trinajstić information content (AvgIpc) is 2.93. The van der Waals surface area contributed by atoms with Gasteiger partial charge in [-0.15, -0.1) is 0 Å².